The molecule has 1 aromatic rings. The fourth-order valence-corrected chi connectivity index (χ4v) is 2.11. The maximum Gasteiger partial charge on any atom is 0.410 e. The van der Waals surface area contributed by atoms with Gasteiger partial charge in [-0.3, -0.25) is 0 Å². The number of carbonyl (C=O) groups is 1. The summed E-state index contributed by atoms with van der Waals surface area (Å²) in [6.45, 7) is 11.0. The van der Waals surface area contributed by atoms with Crippen LogP contribution in [0.25, 0.3) is 0 Å². The van der Waals surface area contributed by atoms with Crippen molar-refractivity contribution in [1.82, 2.24) is 10.2 Å². The first-order valence-corrected chi connectivity index (χ1v) is 7.86. The van der Waals surface area contributed by atoms with Gasteiger partial charge in [0.1, 0.15) is 17.1 Å². The number of likely N-dealkylation sites (N-methyl/N-ethyl adjacent to an activating group) is 1. The highest BCUT2D eigenvalue weighted by molar-refractivity contribution is 5.68. The first-order valence-electron chi connectivity index (χ1n) is 7.86. The molecule has 3 N–H and O–H groups in total. The van der Waals surface area contributed by atoms with E-state index in [2.05, 4.69) is 5.32 Å². The normalized spacial score (nSPS) is 12.7. The van der Waals surface area contributed by atoms with Crippen LogP contribution in [0.2, 0.25) is 0 Å². The lowest BCUT2D eigenvalue weighted by molar-refractivity contribution is 0.0261. The topological polar surface area (TPSA) is 82.0 Å². The number of nitrogens with one attached hydrogen (secondary N) is 1. The average molecular weight is 324 g/mol. The minimum absolute atomic E-state index is 0.0255. The van der Waals surface area contributed by atoms with Crippen molar-refractivity contribution in [2.45, 2.75) is 46.3 Å². The van der Waals surface area contributed by atoms with Crippen LogP contribution in [0.15, 0.2) is 18.2 Å². The predicted molar refractivity (Wildman–Crippen MR) is 89.7 cm³/mol. The summed E-state index contributed by atoms with van der Waals surface area (Å²) in [5.74, 6) is 0.0511. The van der Waals surface area contributed by atoms with Crippen LogP contribution in [0.5, 0.6) is 11.5 Å². The molecule has 1 aromatic carbocycles. The molecule has 0 bridgehead atoms. The molecule has 0 spiro atoms. The van der Waals surface area contributed by atoms with Gasteiger partial charge in [-0.05, 0) is 52.3 Å². The Kier molecular flexibility index (Phi) is 6.69. The van der Waals surface area contributed by atoms with E-state index >= 15 is 0 Å². The van der Waals surface area contributed by atoms with Crippen molar-refractivity contribution in [3.8, 4) is 11.5 Å². The van der Waals surface area contributed by atoms with Crippen molar-refractivity contribution >= 4 is 6.09 Å². The maximum atomic E-state index is 12.0. The third kappa shape index (κ3) is 6.78. The van der Waals surface area contributed by atoms with E-state index in [1.807, 2.05) is 34.6 Å². The second-order valence-electron chi connectivity index (χ2n) is 6.52. The Morgan fingerprint density at radius 3 is 2.30 bits per heavy atom. The van der Waals surface area contributed by atoms with E-state index in [0.717, 1.165) is 5.56 Å². The molecule has 0 saturated carbocycles. The highest BCUT2D eigenvalue weighted by Gasteiger charge is 2.20. The summed E-state index contributed by atoms with van der Waals surface area (Å²) >= 11 is 0. The van der Waals surface area contributed by atoms with Gasteiger partial charge in [-0.15, -0.1) is 0 Å². The van der Waals surface area contributed by atoms with E-state index in [4.69, 9.17) is 4.74 Å². The van der Waals surface area contributed by atoms with E-state index in [-0.39, 0.29) is 23.6 Å². The first kappa shape index (κ1) is 19.1. The summed E-state index contributed by atoms with van der Waals surface area (Å²) < 4.78 is 5.36. The van der Waals surface area contributed by atoms with Gasteiger partial charge in [0.25, 0.3) is 0 Å². The van der Waals surface area contributed by atoms with Crippen LogP contribution in [0.3, 0.4) is 0 Å². The van der Waals surface area contributed by atoms with Gasteiger partial charge < -0.3 is 25.2 Å². The lowest BCUT2D eigenvalue weighted by atomic mass is 10.1. The SMILES string of the molecule is CCN(CCNC(C)c1cc(O)cc(O)c1)C(=O)OC(C)(C)C. The lowest BCUT2D eigenvalue weighted by Crippen LogP contribution is -2.40. The Bertz CT molecular complexity index is 506. The molecule has 6 nitrogen and oxygen atoms in total. The third-order valence-corrected chi connectivity index (χ3v) is 3.29. The Morgan fingerprint density at radius 1 is 1.26 bits per heavy atom. The number of rotatable bonds is 6. The van der Waals surface area contributed by atoms with Crippen molar-refractivity contribution in [2.75, 3.05) is 19.6 Å². The molecule has 0 radical (unpaired) electrons. The highest BCUT2D eigenvalue weighted by atomic mass is 16.6. The molecular weight excluding hydrogens is 296 g/mol. The minimum Gasteiger partial charge on any atom is -0.508 e. The fraction of sp³-hybridized carbons (Fsp3) is 0.588. The van der Waals surface area contributed by atoms with Gasteiger partial charge in [-0.2, -0.15) is 0 Å². The van der Waals surface area contributed by atoms with Crippen LogP contribution in [0, 0.1) is 0 Å². The highest BCUT2D eigenvalue weighted by Crippen LogP contribution is 2.24. The molecule has 23 heavy (non-hydrogen) atoms. The Balaban J connectivity index is 2.52. The number of phenols is 2. The molecule has 1 rings (SSSR count). The Morgan fingerprint density at radius 2 is 1.83 bits per heavy atom. The Labute approximate surface area is 138 Å². The monoisotopic (exact) mass is 324 g/mol. The van der Waals surface area contributed by atoms with E-state index in [9.17, 15) is 15.0 Å². The van der Waals surface area contributed by atoms with Crippen LogP contribution in [-0.2, 0) is 4.74 Å². The summed E-state index contributed by atoms with van der Waals surface area (Å²) in [6, 6.07) is 4.42. The third-order valence-electron chi connectivity index (χ3n) is 3.29. The van der Waals surface area contributed by atoms with Gasteiger partial charge in [0, 0.05) is 31.7 Å². The van der Waals surface area contributed by atoms with Gasteiger partial charge >= 0.3 is 6.09 Å². The van der Waals surface area contributed by atoms with Gasteiger partial charge in [-0.1, -0.05) is 0 Å². The predicted octanol–water partition coefficient (Wildman–Crippen LogP) is 3.01. The van der Waals surface area contributed by atoms with Crippen molar-refractivity contribution in [3.05, 3.63) is 23.8 Å². The summed E-state index contributed by atoms with van der Waals surface area (Å²) in [6.07, 6.45) is -0.329. The molecule has 1 unspecified atom stereocenters. The summed E-state index contributed by atoms with van der Waals surface area (Å²) in [5.41, 5.74) is 0.271. The molecule has 0 saturated heterocycles. The molecule has 130 valence electrons. The second-order valence-corrected chi connectivity index (χ2v) is 6.52. The molecule has 1 atom stereocenters. The van der Waals surface area contributed by atoms with E-state index in [1.165, 1.54) is 6.07 Å². The van der Waals surface area contributed by atoms with E-state index in [1.54, 1.807) is 17.0 Å². The van der Waals surface area contributed by atoms with Crippen LogP contribution in [0.4, 0.5) is 4.79 Å². The molecule has 0 aliphatic rings. The molecule has 0 aliphatic carbocycles. The number of benzene rings is 1. The molecule has 6 heteroatoms. The van der Waals surface area contributed by atoms with Crippen molar-refractivity contribution in [2.24, 2.45) is 0 Å². The number of hydrogen-bond acceptors (Lipinski definition) is 5. The van der Waals surface area contributed by atoms with E-state index < -0.39 is 5.60 Å². The first-order chi connectivity index (χ1) is 10.6. The number of nitrogens with zero attached hydrogens (tertiary/aromatic N) is 1. The average Bonchev–Trinajstić information content (AvgIpc) is 2.40. The number of ether oxygens (including phenoxy) is 1. The number of amides is 1. The number of hydrogen-bond donors (Lipinski definition) is 3. The minimum atomic E-state index is -0.510. The van der Waals surface area contributed by atoms with Gasteiger partial charge in [0.15, 0.2) is 0 Å². The number of phenolic OH excluding ortho intramolecular Hbond substituents is 2. The second kappa shape index (κ2) is 8.06. The van der Waals surface area contributed by atoms with Crippen molar-refractivity contribution < 1.29 is 19.7 Å². The molecule has 1 amide bonds. The zero-order valence-corrected chi connectivity index (χ0v) is 14.6. The summed E-state index contributed by atoms with van der Waals surface area (Å²) in [5, 5.41) is 22.3. The van der Waals surface area contributed by atoms with Crippen molar-refractivity contribution in [1.29, 1.82) is 0 Å². The molecule has 0 fully saturated rings. The zero-order chi connectivity index (χ0) is 17.6. The van der Waals surface area contributed by atoms with Gasteiger partial charge in [0.05, 0.1) is 0 Å². The van der Waals surface area contributed by atoms with Gasteiger partial charge in [-0.25, -0.2) is 4.79 Å². The van der Waals surface area contributed by atoms with Crippen LogP contribution in [-0.4, -0.2) is 46.4 Å². The largest absolute Gasteiger partial charge is 0.508 e. The van der Waals surface area contributed by atoms with Crippen molar-refractivity contribution in [3.63, 3.8) is 0 Å². The quantitative estimate of drug-likeness (QED) is 0.749. The van der Waals surface area contributed by atoms with E-state index in [0.29, 0.717) is 19.6 Å². The maximum absolute atomic E-state index is 12.0. The smallest absolute Gasteiger partial charge is 0.410 e. The molecular formula is C17H28N2O4. The number of aromatic hydroxyl groups is 2. The molecule has 0 heterocycles. The standard InChI is InChI=1S/C17H28N2O4/c1-6-19(16(22)23-17(3,4)5)8-7-18-12(2)13-9-14(20)11-15(21)10-13/h9-12,18,20-21H,6-8H2,1-5H3. The van der Waals surface area contributed by atoms with Crippen LogP contribution < -0.4 is 5.32 Å². The summed E-state index contributed by atoms with van der Waals surface area (Å²) in [4.78, 5) is 13.7. The van der Waals surface area contributed by atoms with Crippen LogP contribution >= 0.6 is 0 Å². The van der Waals surface area contributed by atoms with Gasteiger partial charge in [0.2, 0.25) is 0 Å². The zero-order valence-electron chi connectivity index (χ0n) is 14.6. The fourth-order valence-electron chi connectivity index (χ4n) is 2.11. The Hall–Kier alpha value is -1.95. The molecule has 0 aromatic heterocycles. The van der Waals surface area contributed by atoms with Crippen LogP contribution in [0.1, 0.15) is 46.2 Å². The molecule has 0 aliphatic heterocycles. The lowest BCUT2D eigenvalue weighted by Gasteiger charge is -2.27. The number of carbonyl (C=O) groups excluding carboxylic acids is 1. The summed E-state index contributed by atoms with van der Waals surface area (Å²) in [7, 11) is 0.